The van der Waals surface area contributed by atoms with E-state index >= 15 is 0 Å². The zero-order chi connectivity index (χ0) is 23.1. The molecular weight excluding hydrogens is 436 g/mol. The van der Waals surface area contributed by atoms with E-state index in [0.29, 0.717) is 21.1 Å². The topological polar surface area (TPSA) is 90.7 Å². The molecule has 1 saturated carbocycles. The van der Waals surface area contributed by atoms with Crippen molar-refractivity contribution in [1.82, 2.24) is 9.88 Å². The van der Waals surface area contributed by atoms with Gasteiger partial charge in [-0.2, -0.15) is 0 Å². The highest BCUT2D eigenvalue weighted by atomic mass is 32.1. The Labute approximate surface area is 195 Å². The molecule has 1 unspecified atom stereocenters. The maximum Gasteiger partial charge on any atom is 0.290 e. The standard InChI is InChI=1S/C26H24N2O4S/c1-15-24(33-25(27-15)16-8-3-2-4-9-16)22(30)20-21(17-10-7-13-19(29)14-17)28(26(32)23(20)31)18-11-5-6-12-18/h2-4,7-10,13-14,18,21,29,31H,5-6,11-12H2,1H3. The summed E-state index contributed by atoms with van der Waals surface area (Å²) >= 11 is 1.26. The number of phenolic OH excluding ortho intramolecular Hbond substituents is 1. The smallest absolute Gasteiger partial charge is 0.290 e. The third-order valence-electron chi connectivity index (χ3n) is 6.42. The lowest BCUT2D eigenvalue weighted by Gasteiger charge is -2.32. The Morgan fingerprint density at radius 2 is 1.79 bits per heavy atom. The molecular formula is C26H24N2O4S. The monoisotopic (exact) mass is 460 g/mol. The number of aliphatic hydroxyl groups is 1. The predicted octanol–water partition coefficient (Wildman–Crippen LogP) is 5.35. The first kappa shape index (κ1) is 21.4. The van der Waals surface area contributed by atoms with Gasteiger partial charge in [-0.25, -0.2) is 4.98 Å². The zero-order valence-electron chi connectivity index (χ0n) is 18.2. The lowest BCUT2D eigenvalue weighted by atomic mass is 9.94. The van der Waals surface area contributed by atoms with Crippen LogP contribution in [0, 0.1) is 6.92 Å². The first-order chi connectivity index (χ1) is 16.0. The largest absolute Gasteiger partial charge is 0.508 e. The average molecular weight is 461 g/mol. The van der Waals surface area contributed by atoms with Crippen LogP contribution in [0.25, 0.3) is 10.6 Å². The van der Waals surface area contributed by atoms with Gasteiger partial charge in [0, 0.05) is 11.6 Å². The van der Waals surface area contributed by atoms with Crippen molar-refractivity contribution >= 4 is 23.0 Å². The number of thiazole rings is 1. The lowest BCUT2D eigenvalue weighted by Crippen LogP contribution is -2.38. The molecule has 1 aromatic heterocycles. The fourth-order valence-electron chi connectivity index (χ4n) is 4.87. The molecule has 1 fully saturated rings. The molecule has 7 heteroatoms. The van der Waals surface area contributed by atoms with Gasteiger partial charge in [0.25, 0.3) is 5.91 Å². The molecule has 1 aliphatic heterocycles. The molecule has 0 radical (unpaired) electrons. The molecule has 0 bridgehead atoms. The predicted molar refractivity (Wildman–Crippen MR) is 126 cm³/mol. The van der Waals surface area contributed by atoms with Crippen LogP contribution >= 0.6 is 11.3 Å². The van der Waals surface area contributed by atoms with Gasteiger partial charge >= 0.3 is 0 Å². The maximum atomic E-state index is 13.8. The summed E-state index contributed by atoms with van der Waals surface area (Å²) in [7, 11) is 0. The van der Waals surface area contributed by atoms with E-state index in [4.69, 9.17) is 0 Å². The second kappa shape index (κ2) is 8.48. The molecule has 2 N–H and O–H groups in total. The SMILES string of the molecule is Cc1nc(-c2ccccc2)sc1C(=O)C1=C(O)C(=O)N(C2CCCC2)C1c1cccc(O)c1. The summed E-state index contributed by atoms with van der Waals surface area (Å²) in [5, 5.41) is 21.7. The van der Waals surface area contributed by atoms with Gasteiger partial charge in [-0.15, -0.1) is 11.3 Å². The first-order valence-electron chi connectivity index (χ1n) is 11.1. The van der Waals surface area contributed by atoms with Crippen molar-refractivity contribution in [1.29, 1.82) is 0 Å². The van der Waals surface area contributed by atoms with Crippen molar-refractivity contribution in [2.75, 3.05) is 0 Å². The van der Waals surface area contributed by atoms with E-state index in [0.717, 1.165) is 31.2 Å². The number of aromatic nitrogens is 1. The van der Waals surface area contributed by atoms with Gasteiger partial charge in [0.1, 0.15) is 10.8 Å². The lowest BCUT2D eigenvalue weighted by molar-refractivity contribution is -0.131. The fourth-order valence-corrected chi connectivity index (χ4v) is 5.90. The number of benzene rings is 2. The highest BCUT2D eigenvalue weighted by Crippen LogP contribution is 2.44. The molecule has 0 saturated heterocycles. The molecule has 6 nitrogen and oxygen atoms in total. The third-order valence-corrected chi connectivity index (χ3v) is 7.62. The van der Waals surface area contributed by atoms with E-state index in [1.165, 1.54) is 11.3 Å². The highest BCUT2D eigenvalue weighted by Gasteiger charge is 2.47. The highest BCUT2D eigenvalue weighted by molar-refractivity contribution is 7.17. The number of hydrogen-bond donors (Lipinski definition) is 2. The van der Waals surface area contributed by atoms with Gasteiger partial charge in [0.15, 0.2) is 5.76 Å². The average Bonchev–Trinajstić information content (AvgIpc) is 3.53. The number of rotatable bonds is 5. The van der Waals surface area contributed by atoms with Crippen LogP contribution < -0.4 is 0 Å². The van der Waals surface area contributed by atoms with Gasteiger partial charge in [-0.1, -0.05) is 55.3 Å². The number of nitrogens with zero attached hydrogens (tertiary/aromatic N) is 2. The van der Waals surface area contributed by atoms with Crippen LogP contribution in [0.4, 0.5) is 0 Å². The van der Waals surface area contributed by atoms with Crippen molar-refractivity contribution in [2.24, 2.45) is 0 Å². The van der Waals surface area contributed by atoms with E-state index in [1.54, 1.807) is 36.1 Å². The van der Waals surface area contributed by atoms with Gasteiger partial charge in [-0.05, 0) is 37.5 Å². The summed E-state index contributed by atoms with van der Waals surface area (Å²) in [5.74, 6) is -1.38. The number of hydrogen-bond acceptors (Lipinski definition) is 6. The van der Waals surface area contributed by atoms with E-state index < -0.39 is 23.5 Å². The van der Waals surface area contributed by atoms with E-state index in [2.05, 4.69) is 4.98 Å². The zero-order valence-corrected chi connectivity index (χ0v) is 19.0. The number of aliphatic hydroxyl groups excluding tert-OH is 1. The number of carbonyl (C=O) groups excluding carboxylic acids is 2. The Hall–Kier alpha value is -3.45. The second-order valence-corrected chi connectivity index (χ2v) is 9.54. The van der Waals surface area contributed by atoms with E-state index in [9.17, 15) is 19.8 Å². The van der Waals surface area contributed by atoms with Gasteiger partial charge in [0.05, 0.1) is 22.2 Å². The summed E-state index contributed by atoms with van der Waals surface area (Å²) in [6.07, 6.45) is 3.65. The third kappa shape index (κ3) is 3.72. The minimum Gasteiger partial charge on any atom is -0.508 e. The number of phenols is 1. The van der Waals surface area contributed by atoms with Gasteiger partial charge in [-0.3, -0.25) is 9.59 Å². The van der Waals surface area contributed by atoms with Crippen LogP contribution in [-0.2, 0) is 4.79 Å². The summed E-state index contributed by atoms with van der Waals surface area (Å²) < 4.78 is 0. The molecule has 2 heterocycles. The Kier molecular flexibility index (Phi) is 5.50. The maximum absolute atomic E-state index is 13.8. The molecule has 1 aliphatic carbocycles. The molecule has 1 atom stereocenters. The number of amides is 1. The second-order valence-electron chi connectivity index (χ2n) is 8.54. The first-order valence-corrected chi connectivity index (χ1v) is 11.9. The molecule has 5 rings (SSSR count). The van der Waals surface area contributed by atoms with Gasteiger partial charge in [0.2, 0.25) is 5.78 Å². The molecule has 33 heavy (non-hydrogen) atoms. The summed E-state index contributed by atoms with van der Waals surface area (Å²) in [4.78, 5) is 33.6. The van der Waals surface area contributed by atoms with Crippen molar-refractivity contribution in [3.05, 3.63) is 82.1 Å². The molecule has 0 spiro atoms. The van der Waals surface area contributed by atoms with Crippen LogP contribution in [0.15, 0.2) is 65.9 Å². The van der Waals surface area contributed by atoms with Crippen molar-refractivity contribution in [3.8, 4) is 16.3 Å². The Morgan fingerprint density at radius 3 is 2.48 bits per heavy atom. The van der Waals surface area contributed by atoms with Crippen LogP contribution in [-0.4, -0.2) is 37.8 Å². The number of aryl methyl sites for hydroxylation is 1. The minimum atomic E-state index is -0.748. The number of Topliss-reactive ketones (excluding diaryl/α,β-unsaturated/α-hetero) is 1. The quantitative estimate of drug-likeness (QED) is 0.501. The summed E-state index contributed by atoms with van der Waals surface area (Å²) in [6.45, 7) is 1.77. The van der Waals surface area contributed by atoms with Gasteiger partial charge < -0.3 is 15.1 Å². The Bertz CT molecular complexity index is 1260. The van der Waals surface area contributed by atoms with Crippen molar-refractivity contribution in [3.63, 3.8) is 0 Å². The number of aromatic hydroxyl groups is 1. The van der Waals surface area contributed by atoms with Crippen LogP contribution in [0.5, 0.6) is 5.75 Å². The molecule has 2 aromatic carbocycles. The summed E-state index contributed by atoms with van der Waals surface area (Å²) in [6, 6.07) is 15.4. The van der Waals surface area contributed by atoms with Crippen molar-refractivity contribution in [2.45, 2.75) is 44.7 Å². The normalized spacial score (nSPS) is 19.0. The number of ketones is 1. The molecule has 1 amide bonds. The molecule has 168 valence electrons. The van der Waals surface area contributed by atoms with E-state index in [-0.39, 0.29) is 17.4 Å². The molecule has 2 aliphatic rings. The minimum absolute atomic E-state index is 0.0462. The fraction of sp³-hybridized carbons (Fsp3) is 0.269. The number of carbonyl (C=O) groups is 2. The molecule has 3 aromatic rings. The van der Waals surface area contributed by atoms with Crippen LogP contribution in [0.2, 0.25) is 0 Å². The summed E-state index contributed by atoms with van der Waals surface area (Å²) in [5.41, 5.74) is 2.13. The Balaban J connectivity index is 1.60. The van der Waals surface area contributed by atoms with Crippen LogP contribution in [0.3, 0.4) is 0 Å². The van der Waals surface area contributed by atoms with Crippen LogP contribution in [0.1, 0.15) is 52.7 Å². The van der Waals surface area contributed by atoms with E-state index in [1.807, 2.05) is 30.3 Å². The Morgan fingerprint density at radius 1 is 1.06 bits per heavy atom. The van der Waals surface area contributed by atoms with Crippen molar-refractivity contribution < 1.29 is 19.8 Å².